The first-order valence-corrected chi connectivity index (χ1v) is 9.15. The molecule has 0 saturated heterocycles. The number of hydrogen-bond donors (Lipinski definition) is 2. The first-order valence-electron chi connectivity index (χ1n) is 9.15. The predicted octanol–water partition coefficient (Wildman–Crippen LogP) is 5.03. The van der Waals surface area contributed by atoms with Gasteiger partial charge in [0.2, 0.25) is 5.91 Å². The van der Waals surface area contributed by atoms with Crippen LogP contribution in [-0.4, -0.2) is 10.9 Å². The molecule has 1 fully saturated rings. The lowest BCUT2D eigenvalue weighted by atomic mass is 10.1. The van der Waals surface area contributed by atoms with Gasteiger partial charge in [-0.1, -0.05) is 18.2 Å². The van der Waals surface area contributed by atoms with E-state index < -0.39 is 0 Å². The number of para-hydroxylation sites is 1. The van der Waals surface area contributed by atoms with Gasteiger partial charge in [-0.15, -0.1) is 0 Å². The molecule has 4 aromatic rings. The van der Waals surface area contributed by atoms with E-state index in [9.17, 15) is 9.18 Å². The van der Waals surface area contributed by atoms with Gasteiger partial charge in [-0.25, -0.2) is 4.39 Å². The Hall–Kier alpha value is -3.08. The van der Waals surface area contributed by atoms with Crippen molar-refractivity contribution in [3.8, 4) is 0 Å². The zero-order valence-electron chi connectivity index (χ0n) is 14.8. The van der Waals surface area contributed by atoms with E-state index in [2.05, 4.69) is 16.4 Å². The number of carbonyl (C=O) groups is 1. The second-order valence-electron chi connectivity index (χ2n) is 7.30. The highest BCUT2D eigenvalue weighted by atomic mass is 19.1. The number of benzene rings is 2. The Kier molecular flexibility index (Phi) is 3.57. The molecular formula is C22H19FN2O2. The van der Waals surface area contributed by atoms with Crippen molar-refractivity contribution in [1.29, 1.82) is 0 Å². The zero-order chi connectivity index (χ0) is 18.5. The molecule has 3 atom stereocenters. The van der Waals surface area contributed by atoms with Gasteiger partial charge < -0.3 is 14.7 Å². The highest BCUT2D eigenvalue weighted by Crippen LogP contribution is 2.49. The lowest BCUT2D eigenvalue weighted by Crippen LogP contribution is -2.28. The van der Waals surface area contributed by atoms with Crippen LogP contribution >= 0.6 is 0 Å². The molecule has 1 aliphatic carbocycles. The molecule has 27 heavy (non-hydrogen) atoms. The van der Waals surface area contributed by atoms with E-state index in [0.717, 1.165) is 11.9 Å². The number of nitrogens with one attached hydrogen (secondary N) is 2. The Bertz CT molecular complexity index is 1160. The minimum Gasteiger partial charge on any atom is -0.459 e. The maximum absolute atomic E-state index is 13.3. The number of aromatic nitrogens is 1. The van der Waals surface area contributed by atoms with E-state index in [4.69, 9.17) is 4.42 Å². The van der Waals surface area contributed by atoms with Crippen molar-refractivity contribution in [2.24, 2.45) is 5.92 Å². The first kappa shape index (κ1) is 16.1. The topological polar surface area (TPSA) is 58.0 Å². The summed E-state index contributed by atoms with van der Waals surface area (Å²) in [6.45, 7) is 1.88. The number of carbonyl (C=O) groups excluding carboxylic acids is 1. The van der Waals surface area contributed by atoms with Gasteiger partial charge in [0.15, 0.2) is 0 Å². The molecule has 2 heterocycles. The maximum Gasteiger partial charge on any atom is 0.224 e. The number of H-pyrrole nitrogens is 1. The highest BCUT2D eigenvalue weighted by Gasteiger charge is 2.45. The number of aromatic amines is 1. The summed E-state index contributed by atoms with van der Waals surface area (Å²) in [5, 5.41) is 4.93. The molecule has 0 aliphatic heterocycles. The van der Waals surface area contributed by atoms with Crippen LogP contribution in [0.25, 0.3) is 21.9 Å². The van der Waals surface area contributed by atoms with Crippen molar-refractivity contribution in [2.45, 2.75) is 25.3 Å². The van der Waals surface area contributed by atoms with Gasteiger partial charge >= 0.3 is 0 Å². The number of furan rings is 1. The smallest absolute Gasteiger partial charge is 0.224 e. The first-order chi connectivity index (χ1) is 13.1. The third kappa shape index (κ3) is 2.79. The molecule has 2 aromatic carbocycles. The quantitative estimate of drug-likeness (QED) is 0.535. The molecule has 5 heteroatoms. The van der Waals surface area contributed by atoms with Crippen LogP contribution in [0.4, 0.5) is 4.39 Å². The lowest BCUT2D eigenvalue weighted by molar-refractivity contribution is -0.123. The SMILES string of the molecule is CC(NC(=O)[C@H]1C[C@@H]1c1c[nH]c2ccccc12)c1cc2cc(F)ccc2o1. The summed E-state index contributed by atoms with van der Waals surface area (Å²) < 4.78 is 19.1. The average Bonchev–Trinajstić information content (AvgIpc) is 3.16. The summed E-state index contributed by atoms with van der Waals surface area (Å²) in [7, 11) is 0. The van der Waals surface area contributed by atoms with E-state index in [1.807, 2.05) is 31.3 Å². The minimum atomic E-state index is -0.300. The molecule has 0 bridgehead atoms. The normalized spacial score (nSPS) is 20.1. The monoisotopic (exact) mass is 362 g/mol. The molecule has 1 amide bonds. The zero-order valence-corrected chi connectivity index (χ0v) is 14.8. The molecule has 2 N–H and O–H groups in total. The fourth-order valence-electron chi connectivity index (χ4n) is 3.87. The number of hydrogen-bond acceptors (Lipinski definition) is 2. The number of halogens is 1. The van der Waals surface area contributed by atoms with E-state index in [1.165, 1.54) is 23.1 Å². The van der Waals surface area contributed by atoms with Gasteiger partial charge in [-0.3, -0.25) is 4.79 Å². The molecule has 136 valence electrons. The van der Waals surface area contributed by atoms with Crippen molar-refractivity contribution in [1.82, 2.24) is 10.3 Å². The molecule has 1 unspecified atom stereocenters. The highest BCUT2D eigenvalue weighted by molar-refractivity contribution is 5.88. The van der Waals surface area contributed by atoms with Crippen LogP contribution in [0.15, 0.2) is 59.1 Å². The molecule has 1 saturated carbocycles. The fourth-order valence-corrected chi connectivity index (χ4v) is 3.87. The largest absolute Gasteiger partial charge is 0.459 e. The van der Waals surface area contributed by atoms with E-state index in [-0.39, 0.29) is 29.6 Å². The van der Waals surface area contributed by atoms with Crippen molar-refractivity contribution in [3.63, 3.8) is 0 Å². The van der Waals surface area contributed by atoms with Crippen molar-refractivity contribution < 1.29 is 13.6 Å². The second-order valence-corrected chi connectivity index (χ2v) is 7.30. The van der Waals surface area contributed by atoms with Crippen molar-refractivity contribution >= 4 is 27.8 Å². The van der Waals surface area contributed by atoms with Gasteiger partial charge in [-0.05, 0) is 55.2 Å². The van der Waals surface area contributed by atoms with Gasteiger partial charge in [-0.2, -0.15) is 0 Å². The van der Waals surface area contributed by atoms with E-state index >= 15 is 0 Å². The standard InChI is InChI=1S/C22H19FN2O2/c1-12(21-9-13-8-14(23)6-7-20(13)27-21)25-22(26)17-10-16(17)18-11-24-19-5-3-2-4-15(18)19/h2-9,11-12,16-17,24H,10H2,1H3,(H,25,26)/t12?,16-,17-/m0/s1. The van der Waals surface area contributed by atoms with Crippen LogP contribution in [0.3, 0.4) is 0 Å². The van der Waals surface area contributed by atoms with Gasteiger partial charge in [0, 0.05) is 28.4 Å². The van der Waals surface area contributed by atoms with Gasteiger partial charge in [0.1, 0.15) is 17.2 Å². The summed E-state index contributed by atoms with van der Waals surface area (Å²) in [6, 6.07) is 14.1. The molecular weight excluding hydrogens is 343 g/mol. The Balaban J connectivity index is 1.30. The van der Waals surface area contributed by atoms with E-state index in [1.54, 1.807) is 12.1 Å². The average molecular weight is 362 g/mol. The van der Waals surface area contributed by atoms with Crippen molar-refractivity contribution in [3.05, 3.63) is 71.9 Å². The van der Waals surface area contributed by atoms with Gasteiger partial charge in [0.05, 0.1) is 6.04 Å². The molecule has 2 aromatic heterocycles. The summed E-state index contributed by atoms with van der Waals surface area (Å²) in [6.07, 6.45) is 2.87. The van der Waals surface area contributed by atoms with Crippen LogP contribution in [0.1, 0.15) is 36.6 Å². The molecule has 0 spiro atoms. The number of amides is 1. The van der Waals surface area contributed by atoms with Crippen molar-refractivity contribution in [2.75, 3.05) is 0 Å². The Labute approximate surface area is 155 Å². The molecule has 4 nitrogen and oxygen atoms in total. The summed E-state index contributed by atoms with van der Waals surface area (Å²) in [5.74, 6) is 0.593. The van der Waals surface area contributed by atoms with Crippen LogP contribution in [0.2, 0.25) is 0 Å². The molecule has 5 rings (SSSR count). The Morgan fingerprint density at radius 3 is 3.00 bits per heavy atom. The van der Waals surface area contributed by atoms with Crippen LogP contribution in [0.5, 0.6) is 0 Å². The minimum absolute atomic E-state index is 0.0199. The lowest BCUT2D eigenvalue weighted by Gasteiger charge is -2.11. The fraction of sp³-hybridized carbons (Fsp3) is 0.227. The number of rotatable bonds is 4. The van der Waals surface area contributed by atoms with Crippen LogP contribution in [-0.2, 0) is 4.79 Å². The van der Waals surface area contributed by atoms with E-state index in [0.29, 0.717) is 16.7 Å². The van der Waals surface area contributed by atoms with Crippen LogP contribution in [0, 0.1) is 11.7 Å². The predicted molar refractivity (Wildman–Crippen MR) is 102 cm³/mol. The molecule has 1 aliphatic rings. The second kappa shape index (κ2) is 5.98. The Morgan fingerprint density at radius 2 is 2.11 bits per heavy atom. The summed E-state index contributed by atoms with van der Waals surface area (Å²) in [4.78, 5) is 16.0. The third-order valence-electron chi connectivity index (χ3n) is 5.43. The third-order valence-corrected chi connectivity index (χ3v) is 5.43. The molecule has 0 radical (unpaired) electrons. The summed E-state index contributed by atoms with van der Waals surface area (Å²) >= 11 is 0. The maximum atomic E-state index is 13.3. The number of fused-ring (bicyclic) bond motifs is 2. The van der Waals surface area contributed by atoms with Gasteiger partial charge in [0.25, 0.3) is 0 Å². The Morgan fingerprint density at radius 1 is 1.26 bits per heavy atom. The summed E-state index contributed by atoms with van der Waals surface area (Å²) in [5.41, 5.74) is 2.93. The van der Waals surface area contributed by atoms with Crippen LogP contribution < -0.4 is 5.32 Å².